The Hall–Kier alpha value is -0.870. The molecule has 1 fully saturated rings. The van der Waals surface area contributed by atoms with Crippen molar-refractivity contribution in [3.8, 4) is 0 Å². The predicted octanol–water partition coefficient (Wildman–Crippen LogP) is 2.69. The molecule has 1 heterocycles. The van der Waals surface area contributed by atoms with Crippen molar-refractivity contribution < 1.29 is 0 Å². The van der Waals surface area contributed by atoms with E-state index in [1.807, 2.05) is 6.20 Å². The second-order valence-electron chi connectivity index (χ2n) is 6.81. The van der Waals surface area contributed by atoms with Crippen LogP contribution in [0, 0.1) is 0 Å². The standard InChI is InChI=1S/C17H32N4/c1-5-16-18-11-12-21(16)13-15(2)19-14-17(20(3)4)9-7-6-8-10-17/h11-12,15,19H,5-10,13-14H2,1-4H3. The SMILES string of the molecule is CCc1nccn1CC(C)NCC1(N(C)C)CCCCC1. The van der Waals surface area contributed by atoms with E-state index >= 15 is 0 Å². The first-order chi connectivity index (χ1) is 10.1. The maximum atomic E-state index is 4.41. The number of likely N-dealkylation sites (N-methyl/N-ethyl adjacent to an activating group) is 1. The Kier molecular flexibility index (Phi) is 5.82. The van der Waals surface area contributed by atoms with Crippen molar-refractivity contribution >= 4 is 0 Å². The molecule has 1 aromatic rings. The molecule has 0 spiro atoms. The molecule has 0 saturated heterocycles. The highest BCUT2D eigenvalue weighted by atomic mass is 15.2. The van der Waals surface area contributed by atoms with Crippen LogP contribution in [0.1, 0.15) is 51.8 Å². The molecule has 1 aliphatic carbocycles. The van der Waals surface area contributed by atoms with Crippen molar-refractivity contribution in [2.75, 3.05) is 20.6 Å². The monoisotopic (exact) mass is 292 g/mol. The minimum Gasteiger partial charge on any atom is -0.333 e. The van der Waals surface area contributed by atoms with Gasteiger partial charge in [-0.05, 0) is 33.9 Å². The van der Waals surface area contributed by atoms with Gasteiger partial charge in [0.15, 0.2) is 0 Å². The lowest BCUT2D eigenvalue weighted by Crippen LogP contribution is -2.54. The number of aromatic nitrogens is 2. The molecule has 0 bridgehead atoms. The average molecular weight is 292 g/mol. The molecule has 4 nitrogen and oxygen atoms in total. The number of aryl methyl sites for hydroxylation is 1. The van der Waals surface area contributed by atoms with Crippen molar-refractivity contribution in [1.82, 2.24) is 19.8 Å². The molecule has 0 radical (unpaired) electrons. The smallest absolute Gasteiger partial charge is 0.108 e. The number of nitrogens with zero attached hydrogens (tertiary/aromatic N) is 3. The summed E-state index contributed by atoms with van der Waals surface area (Å²) in [5.74, 6) is 1.18. The van der Waals surface area contributed by atoms with E-state index in [1.54, 1.807) is 0 Å². The molecular weight excluding hydrogens is 260 g/mol. The first kappa shape index (κ1) is 16.5. The second-order valence-corrected chi connectivity index (χ2v) is 6.81. The van der Waals surface area contributed by atoms with Crippen LogP contribution in [0.25, 0.3) is 0 Å². The Labute approximate surface area is 129 Å². The molecule has 1 unspecified atom stereocenters. The quantitative estimate of drug-likeness (QED) is 0.839. The van der Waals surface area contributed by atoms with Gasteiger partial charge >= 0.3 is 0 Å². The molecule has 120 valence electrons. The number of imidazole rings is 1. The summed E-state index contributed by atoms with van der Waals surface area (Å²) in [6, 6.07) is 0.475. The third-order valence-corrected chi connectivity index (χ3v) is 5.10. The van der Waals surface area contributed by atoms with E-state index < -0.39 is 0 Å². The Morgan fingerprint density at radius 3 is 2.67 bits per heavy atom. The molecule has 2 rings (SSSR count). The molecule has 0 aromatic carbocycles. The predicted molar refractivity (Wildman–Crippen MR) is 88.6 cm³/mol. The van der Waals surface area contributed by atoms with Gasteiger partial charge < -0.3 is 14.8 Å². The van der Waals surface area contributed by atoms with E-state index in [9.17, 15) is 0 Å². The summed E-state index contributed by atoms with van der Waals surface area (Å²) in [7, 11) is 4.48. The minimum absolute atomic E-state index is 0.356. The second kappa shape index (κ2) is 7.41. The first-order valence-electron chi connectivity index (χ1n) is 8.48. The van der Waals surface area contributed by atoms with Gasteiger partial charge in [-0.3, -0.25) is 0 Å². The highest BCUT2D eigenvalue weighted by molar-refractivity contribution is 4.95. The zero-order chi connectivity index (χ0) is 15.3. The summed E-state index contributed by atoms with van der Waals surface area (Å²) in [6.45, 7) is 6.55. The molecule has 1 N–H and O–H groups in total. The summed E-state index contributed by atoms with van der Waals surface area (Å²) in [5.41, 5.74) is 0.356. The van der Waals surface area contributed by atoms with Crippen molar-refractivity contribution in [3.63, 3.8) is 0 Å². The highest BCUT2D eigenvalue weighted by Crippen LogP contribution is 2.31. The third-order valence-electron chi connectivity index (χ3n) is 5.10. The van der Waals surface area contributed by atoms with Crippen LogP contribution in [0.5, 0.6) is 0 Å². The van der Waals surface area contributed by atoms with Gasteiger partial charge in [0, 0.05) is 43.5 Å². The van der Waals surface area contributed by atoms with Gasteiger partial charge in [0.2, 0.25) is 0 Å². The van der Waals surface area contributed by atoms with Crippen LogP contribution in [0.2, 0.25) is 0 Å². The minimum atomic E-state index is 0.356. The Bertz CT molecular complexity index is 418. The van der Waals surface area contributed by atoms with E-state index in [4.69, 9.17) is 0 Å². The summed E-state index contributed by atoms with van der Waals surface area (Å²) in [4.78, 5) is 6.85. The fourth-order valence-electron chi connectivity index (χ4n) is 3.54. The van der Waals surface area contributed by atoms with Gasteiger partial charge in [-0.1, -0.05) is 26.2 Å². The van der Waals surface area contributed by atoms with Gasteiger partial charge in [-0.25, -0.2) is 4.98 Å². The van der Waals surface area contributed by atoms with E-state index in [0.717, 1.165) is 19.5 Å². The van der Waals surface area contributed by atoms with Crippen LogP contribution in [0.4, 0.5) is 0 Å². The van der Waals surface area contributed by atoms with Crippen LogP contribution in [0.15, 0.2) is 12.4 Å². The molecular formula is C17H32N4. The molecule has 0 amide bonds. The summed E-state index contributed by atoms with van der Waals surface area (Å²) in [5, 5.41) is 3.77. The van der Waals surface area contributed by atoms with Gasteiger partial charge in [0.05, 0.1) is 0 Å². The fraction of sp³-hybridized carbons (Fsp3) is 0.824. The van der Waals surface area contributed by atoms with Gasteiger partial charge in [0.1, 0.15) is 5.82 Å². The van der Waals surface area contributed by atoms with Crippen LogP contribution in [-0.4, -0.2) is 46.7 Å². The fourth-order valence-corrected chi connectivity index (χ4v) is 3.54. The van der Waals surface area contributed by atoms with Crippen molar-refractivity contribution in [3.05, 3.63) is 18.2 Å². The van der Waals surface area contributed by atoms with E-state index in [0.29, 0.717) is 11.6 Å². The zero-order valence-electron chi connectivity index (χ0n) is 14.2. The Morgan fingerprint density at radius 1 is 1.33 bits per heavy atom. The van der Waals surface area contributed by atoms with Gasteiger partial charge in [-0.2, -0.15) is 0 Å². The van der Waals surface area contributed by atoms with Crippen molar-refractivity contribution in [2.24, 2.45) is 0 Å². The number of nitrogens with one attached hydrogen (secondary N) is 1. The topological polar surface area (TPSA) is 33.1 Å². The zero-order valence-corrected chi connectivity index (χ0v) is 14.2. The third kappa shape index (κ3) is 4.07. The molecule has 1 atom stereocenters. The summed E-state index contributed by atoms with van der Waals surface area (Å²) in [6.07, 6.45) is 11.8. The number of hydrogen-bond donors (Lipinski definition) is 1. The largest absolute Gasteiger partial charge is 0.333 e. The maximum Gasteiger partial charge on any atom is 0.108 e. The van der Waals surface area contributed by atoms with E-state index in [-0.39, 0.29) is 0 Å². The van der Waals surface area contributed by atoms with Crippen LogP contribution in [-0.2, 0) is 13.0 Å². The summed E-state index contributed by atoms with van der Waals surface area (Å²) >= 11 is 0. The Balaban J connectivity index is 1.88. The average Bonchev–Trinajstić information content (AvgIpc) is 2.93. The molecule has 21 heavy (non-hydrogen) atoms. The van der Waals surface area contributed by atoms with Gasteiger partial charge in [-0.15, -0.1) is 0 Å². The van der Waals surface area contributed by atoms with Crippen molar-refractivity contribution in [2.45, 2.75) is 70.5 Å². The Morgan fingerprint density at radius 2 is 2.05 bits per heavy atom. The van der Waals surface area contributed by atoms with E-state index in [1.165, 1.54) is 37.9 Å². The summed E-state index contributed by atoms with van der Waals surface area (Å²) < 4.78 is 2.28. The number of hydrogen-bond acceptors (Lipinski definition) is 3. The maximum absolute atomic E-state index is 4.41. The molecule has 1 aliphatic rings. The molecule has 0 aliphatic heterocycles. The first-order valence-corrected chi connectivity index (χ1v) is 8.48. The molecule has 1 aromatic heterocycles. The van der Waals surface area contributed by atoms with Crippen LogP contribution >= 0.6 is 0 Å². The van der Waals surface area contributed by atoms with Crippen LogP contribution < -0.4 is 5.32 Å². The lowest BCUT2D eigenvalue weighted by Gasteiger charge is -2.44. The molecule has 4 heteroatoms. The number of rotatable bonds is 7. The molecule has 1 saturated carbocycles. The lowest BCUT2D eigenvalue weighted by molar-refractivity contribution is 0.0950. The normalized spacial score (nSPS) is 19.9. The van der Waals surface area contributed by atoms with Crippen molar-refractivity contribution in [1.29, 1.82) is 0 Å². The highest BCUT2D eigenvalue weighted by Gasteiger charge is 2.34. The van der Waals surface area contributed by atoms with Crippen LogP contribution in [0.3, 0.4) is 0 Å². The van der Waals surface area contributed by atoms with Gasteiger partial charge in [0.25, 0.3) is 0 Å². The van der Waals surface area contributed by atoms with E-state index in [2.05, 4.69) is 53.9 Å². The lowest BCUT2D eigenvalue weighted by atomic mass is 9.80.